The third kappa shape index (κ3) is 3.86. The summed E-state index contributed by atoms with van der Waals surface area (Å²) >= 11 is 0. The van der Waals surface area contributed by atoms with Crippen molar-refractivity contribution in [3.05, 3.63) is 25.0 Å². The minimum Gasteiger partial charge on any atom is -0.366 e. The van der Waals surface area contributed by atoms with E-state index in [9.17, 15) is 0 Å². The number of anilines is 2. The molecule has 0 radical (unpaired) electrons. The molecule has 1 heterocycles. The Morgan fingerprint density at radius 1 is 1.56 bits per heavy atom. The fraction of sp³-hybridized carbons (Fsp3) is 0.455. The smallest absolute Gasteiger partial charge is 0.133 e. The van der Waals surface area contributed by atoms with Gasteiger partial charge in [-0.25, -0.2) is 9.97 Å². The number of nitrogens with zero attached hydrogens (tertiary/aromatic N) is 3. The van der Waals surface area contributed by atoms with E-state index in [1.165, 1.54) is 0 Å². The minimum absolute atomic E-state index is 0.691. The molecular formula is C11H19N5. The second kappa shape index (κ2) is 6.79. The number of hydrogen-bond acceptors (Lipinski definition) is 5. The first kappa shape index (κ1) is 12.4. The van der Waals surface area contributed by atoms with E-state index in [2.05, 4.69) is 26.8 Å². The summed E-state index contributed by atoms with van der Waals surface area (Å²) in [5, 5.41) is 3.13. The van der Waals surface area contributed by atoms with Gasteiger partial charge in [0.1, 0.15) is 18.0 Å². The molecule has 0 aliphatic heterocycles. The summed E-state index contributed by atoms with van der Waals surface area (Å²) in [6.45, 7) is 5.93. The van der Waals surface area contributed by atoms with E-state index < -0.39 is 0 Å². The average molecular weight is 221 g/mol. The van der Waals surface area contributed by atoms with Crippen LogP contribution in [0.15, 0.2) is 25.0 Å². The highest BCUT2D eigenvalue weighted by molar-refractivity contribution is 5.48. The molecule has 1 rings (SSSR count). The molecule has 3 N–H and O–H groups in total. The highest BCUT2D eigenvalue weighted by atomic mass is 15.2. The molecular weight excluding hydrogens is 202 g/mol. The molecule has 0 saturated carbocycles. The molecule has 0 bridgehead atoms. The molecule has 0 amide bonds. The summed E-state index contributed by atoms with van der Waals surface area (Å²) in [4.78, 5) is 10.4. The average Bonchev–Trinajstić information content (AvgIpc) is 2.33. The normalized spacial score (nSPS) is 9.88. The van der Waals surface area contributed by atoms with Gasteiger partial charge in [0.2, 0.25) is 0 Å². The van der Waals surface area contributed by atoms with Gasteiger partial charge in [-0.05, 0) is 13.0 Å². The lowest BCUT2D eigenvalue weighted by Gasteiger charge is -2.17. The molecule has 0 saturated heterocycles. The van der Waals surface area contributed by atoms with Crippen molar-refractivity contribution in [2.75, 3.05) is 36.9 Å². The highest BCUT2D eigenvalue weighted by Crippen LogP contribution is 2.12. The minimum atomic E-state index is 0.691. The van der Waals surface area contributed by atoms with Crippen molar-refractivity contribution < 1.29 is 0 Å². The highest BCUT2D eigenvalue weighted by Gasteiger charge is 2.03. The Kier molecular flexibility index (Phi) is 5.28. The summed E-state index contributed by atoms with van der Waals surface area (Å²) in [5.41, 5.74) is 5.47. The Morgan fingerprint density at radius 3 is 3.06 bits per heavy atom. The SMILES string of the molecule is C=CCNc1cc(N(C)CCCN)ncn1. The summed E-state index contributed by atoms with van der Waals surface area (Å²) in [6.07, 6.45) is 4.30. The van der Waals surface area contributed by atoms with Gasteiger partial charge in [-0.3, -0.25) is 0 Å². The topological polar surface area (TPSA) is 67.1 Å². The van der Waals surface area contributed by atoms with E-state index in [-0.39, 0.29) is 0 Å². The molecule has 0 spiro atoms. The first-order chi connectivity index (χ1) is 7.77. The third-order valence-electron chi connectivity index (χ3n) is 2.17. The van der Waals surface area contributed by atoms with Gasteiger partial charge >= 0.3 is 0 Å². The predicted molar refractivity (Wildman–Crippen MR) is 67.7 cm³/mol. The maximum atomic E-state index is 5.47. The van der Waals surface area contributed by atoms with Crippen molar-refractivity contribution >= 4 is 11.6 Å². The number of nitrogens with two attached hydrogens (primary N) is 1. The maximum Gasteiger partial charge on any atom is 0.133 e. The quantitative estimate of drug-likeness (QED) is 0.668. The molecule has 0 atom stereocenters. The number of nitrogens with one attached hydrogen (secondary N) is 1. The Labute approximate surface area is 96.4 Å². The molecule has 0 unspecified atom stereocenters. The first-order valence-corrected chi connectivity index (χ1v) is 5.36. The molecule has 1 aromatic rings. The van der Waals surface area contributed by atoms with Crippen LogP contribution < -0.4 is 16.0 Å². The van der Waals surface area contributed by atoms with Crippen LogP contribution in [0.5, 0.6) is 0 Å². The lowest BCUT2D eigenvalue weighted by atomic mass is 10.4. The monoisotopic (exact) mass is 221 g/mol. The predicted octanol–water partition coefficient (Wildman–Crippen LogP) is 0.859. The van der Waals surface area contributed by atoms with Gasteiger partial charge in [-0.1, -0.05) is 6.08 Å². The zero-order chi connectivity index (χ0) is 11.8. The van der Waals surface area contributed by atoms with Gasteiger partial charge in [0.25, 0.3) is 0 Å². The van der Waals surface area contributed by atoms with Crippen molar-refractivity contribution in [3.63, 3.8) is 0 Å². The van der Waals surface area contributed by atoms with Crippen molar-refractivity contribution in [3.8, 4) is 0 Å². The lowest BCUT2D eigenvalue weighted by Crippen LogP contribution is -2.22. The number of hydrogen-bond donors (Lipinski definition) is 2. The Morgan fingerprint density at radius 2 is 2.38 bits per heavy atom. The zero-order valence-electron chi connectivity index (χ0n) is 9.69. The van der Waals surface area contributed by atoms with Crippen LogP contribution >= 0.6 is 0 Å². The van der Waals surface area contributed by atoms with Gasteiger partial charge in [-0.2, -0.15) is 0 Å². The van der Waals surface area contributed by atoms with Crippen LogP contribution in [0.4, 0.5) is 11.6 Å². The Balaban J connectivity index is 2.61. The van der Waals surface area contributed by atoms with E-state index in [1.807, 2.05) is 13.1 Å². The fourth-order valence-corrected chi connectivity index (χ4v) is 1.27. The summed E-state index contributed by atoms with van der Waals surface area (Å²) in [6, 6.07) is 1.92. The van der Waals surface area contributed by atoms with E-state index in [0.717, 1.165) is 24.6 Å². The molecule has 0 fully saturated rings. The summed E-state index contributed by atoms with van der Waals surface area (Å²) in [5.74, 6) is 1.71. The van der Waals surface area contributed by atoms with Gasteiger partial charge in [0.05, 0.1) is 0 Å². The number of rotatable bonds is 7. The first-order valence-electron chi connectivity index (χ1n) is 5.36. The second-order valence-corrected chi connectivity index (χ2v) is 3.49. The van der Waals surface area contributed by atoms with Crippen LogP contribution in [0, 0.1) is 0 Å². The van der Waals surface area contributed by atoms with Gasteiger partial charge in [0, 0.05) is 26.2 Å². The van der Waals surface area contributed by atoms with E-state index in [1.54, 1.807) is 12.4 Å². The van der Waals surface area contributed by atoms with Gasteiger partial charge in [-0.15, -0.1) is 6.58 Å². The summed E-state index contributed by atoms with van der Waals surface area (Å²) < 4.78 is 0. The third-order valence-corrected chi connectivity index (χ3v) is 2.17. The van der Waals surface area contributed by atoms with Crippen molar-refractivity contribution in [1.29, 1.82) is 0 Å². The molecule has 5 nitrogen and oxygen atoms in total. The van der Waals surface area contributed by atoms with Crippen LogP contribution in [-0.2, 0) is 0 Å². The van der Waals surface area contributed by atoms with E-state index >= 15 is 0 Å². The molecule has 16 heavy (non-hydrogen) atoms. The van der Waals surface area contributed by atoms with Crippen LogP contribution in [0.2, 0.25) is 0 Å². The fourth-order valence-electron chi connectivity index (χ4n) is 1.27. The molecule has 0 aromatic carbocycles. The van der Waals surface area contributed by atoms with Gasteiger partial charge in [0.15, 0.2) is 0 Å². The van der Waals surface area contributed by atoms with Crippen molar-refractivity contribution in [2.24, 2.45) is 5.73 Å². The zero-order valence-corrected chi connectivity index (χ0v) is 9.69. The molecule has 0 aliphatic carbocycles. The van der Waals surface area contributed by atoms with E-state index in [0.29, 0.717) is 13.1 Å². The lowest BCUT2D eigenvalue weighted by molar-refractivity contribution is 0.785. The van der Waals surface area contributed by atoms with Crippen LogP contribution in [-0.4, -0.2) is 36.6 Å². The van der Waals surface area contributed by atoms with Crippen LogP contribution in [0.25, 0.3) is 0 Å². The molecule has 88 valence electrons. The van der Waals surface area contributed by atoms with Crippen molar-refractivity contribution in [2.45, 2.75) is 6.42 Å². The van der Waals surface area contributed by atoms with Crippen molar-refractivity contribution in [1.82, 2.24) is 9.97 Å². The second-order valence-electron chi connectivity index (χ2n) is 3.49. The van der Waals surface area contributed by atoms with Gasteiger partial charge < -0.3 is 16.0 Å². The largest absolute Gasteiger partial charge is 0.366 e. The maximum absolute atomic E-state index is 5.47. The molecule has 5 heteroatoms. The Bertz CT molecular complexity index is 326. The van der Waals surface area contributed by atoms with Crippen LogP contribution in [0.1, 0.15) is 6.42 Å². The van der Waals surface area contributed by atoms with Crippen LogP contribution in [0.3, 0.4) is 0 Å². The summed E-state index contributed by atoms with van der Waals surface area (Å²) in [7, 11) is 2.00. The van der Waals surface area contributed by atoms with E-state index in [4.69, 9.17) is 5.73 Å². The molecule has 0 aliphatic rings. The number of aromatic nitrogens is 2. The standard InChI is InChI=1S/C11H19N5/c1-3-6-13-10-8-11(15-9-14-10)16(2)7-4-5-12/h3,8-9H,1,4-7,12H2,2H3,(H,13,14,15). The molecule has 1 aromatic heterocycles. The Hall–Kier alpha value is -1.62.